The van der Waals surface area contributed by atoms with Crippen LogP contribution < -0.4 is 11.4 Å². The molecule has 0 aliphatic carbocycles. The molecular weight excluding hydrogens is 166 g/mol. The van der Waals surface area contributed by atoms with Crippen molar-refractivity contribution in [1.29, 1.82) is 0 Å². The fraction of sp³-hybridized carbons (Fsp3) is 0.500. The maximum Gasteiger partial charge on any atom is 0.411 e. The Morgan fingerprint density at radius 1 is 1.75 bits per heavy atom. The Balaban J connectivity index is 0.000000261. The van der Waals surface area contributed by atoms with E-state index in [2.05, 4.69) is 11.7 Å². The lowest BCUT2D eigenvalue weighted by molar-refractivity contribution is -0.402. The lowest BCUT2D eigenvalue weighted by Crippen LogP contribution is -2.42. The Bertz CT molecular complexity index is 168. The fourth-order valence-corrected chi connectivity index (χ4v) is 0.491. The number of rotatable bonds is 1. The SMILES string of the molecule is CCN1[C+]=CN(N)N1.O=[N+]([O-])[O-]. The summed E-state index contributed by atoms with van der Waals surface area (Å²) < 4.78 is 0. The molecule has 1 aliphatic heterocycles. The number of nitrogens with two attached hydrogens (primary N) is 1. The van der Waals surface area contributed by atoms with Crippen LogP contribution in [0.2, 0.25) is 0 Å². The highest BCUT2D eigenvalue weighted by molar-refractivity contribution is 4.73. The second-order valence-electron chi connectivity index (χ2n) is 1.73. The zero-order valence-corrected chi connectivity index (χ0v) is 6.43. The van der Waals surface area contributed by atoms with Crippen LogP contribution in [0.25, 0.3) is 0 Å². The molecule has 0 bridgehead atoms. The van der Waals surface area contributed by atoms with E-state index in [-0.39, 0.29) is 0 Å². The van der Waals surface area contributed by atoms with Gasteiger partial charge in [-0.2, -0.15) is 5.12 Å². The summed E-state index contributed by atoms with van der Waals surface area (Å²) in [5.74, 6) is 5.26. The summed E-state index contributed by atoms with van der Waals surface area (Å²) in [7, 11) is 0. The lowest BCUT2D eigenvalue weighted by Gasteiger charge is -2.05. The number of nitrogens with one attached hydrogen (secondary N) is 1. The molecule has 0 aromatic heterocycles. The van der Waals surface area contributed by atoms with Crippen molar-refractivity contribution in [3.8, 4) is 0 Å². The molecule has 0 aromatic carbocycles. The van der Waals surface area contributed by atoms with Gasteiger partial charge in [-0.25, -0.2) is 5.84 Å². The van der Waals surface area contributed by atoms with Crippen LogP contribution in [0.5, 0.6) is 0 Å². The van der Waals surface area contributed by atoms with E-state index in [1.165, 1.54) is 5.12 Å². The van der Waals surface area contributed by atoms with E-state index in [1.54, 1.807) is 11.2 Å². The maximum absolute atomic E-state index is 8.25. The van der Waals surface area contributed by atoms with Crippen molar-refractivity contribution in [2.75, 3.05) is 6.54 Å². The number of hydrazine groups is 3. The highest BCUT2D eigenvalue weighted by Gasteiger charge is 2.19. The predicted octanol–water partition coefficient (Wildman–Crippen LogP) is -1.05. The Kier molecular flexibility index (Phi) is 4.39. The van der Waals surface area contributed by atoms with E-state index in [1.807, 2.05) is 6.92 Å². The van der Waals surface area contributed by atoms with Gasteiger partial charge >= 0.3 is 12.4 Å². The third-order valence-corrected chi connectivity index (χ3v) is 0.905. The molecule has 1 rings (SSSR count). The molecule has 0 saturated heterocycles. The van der Waals surface area contributed by atoms with Gasteiger partial charge in [0.25, 0.3) is 0 Å². The van der Waals surface area contributed by atoms with E-state index in [4.69, 9.17) is 21.2 Å². The first-order chi connectivity index (χ1) is 5.56. The van der Waals surface area contributed by atoms with Crippen molar-refractivity contribution in [3.63, 3.8) is 0 Å². The minimum Gasteiger partial charge on any atom is -0.356 e. The predicted molar refractivity (Wildman–Crippen MR) is 39.7 cm³/mol. The van der Waals surface area contributed by atoms with Crippen molar-refractivity contribution in [2.45, 2.75) is 6.92 Å². The molecule has 12 heavy (non-hydrogen) atoms. The Morgan fingerprint density at radius 3 is 2.42 bits per heavy atom. The highest BCUT2D eigenvalue weighted by Crippen LogP contribution is 1.90. The first-order valence-electron chi connectivity index (χ1n) is 3.05. The number of hydrogen-bond acceptors (Lipinski definition) is 7. The summed E-state index contributed by atoms with van der Waals surface area (Å²) >= 11 is 0. The molecule has 0 aromatic rings. The second kappa shape index (κ2) is 5.08. The van der Waals surface area contributed by atoms with Crippen LogP contribution in [-0.4, -0.2) is 21.8 Å². The second-order valence-corrected chi connectivity index (χ2v) is 1.73. The van der Waals surface area contributed by atoms with Crippen molar-refractivity contribution in [3.05, 3.63) is 27.7 Å². The van der Waals surface area contributed by atoms with Gasteiger partial charge in [0.1, 0.15) is 0 Å². The van der Waals surface area contributed by atoms with Crippen LogP contribution in [0.3, 0.4) is 0 Å². The molecule has 0 amide bonds. The molecule has 68 valence electrons. The summed E-state index contributed by atoms with van der Waals surface area (Å²) in [5, 5.41) is 17.9. The molecule has 1 aliphatic rings. The van der Waals surface area contributed by atoms with Gasteiger partial charge in [-0.3, -0.25) is 0 Å². The molecule has 0 radical (unpaired) electrons. The molecular formula is C4H9N5O3. The first-order valence-corrected chi connectivity index (χ1v) is 3.05. The first kappa shape index (κ1) is 10.4. The minimum atomic E-state index is -1.75. The van der Waals surface area contributed by atoms with Crippen molar-refractivity contribution in [1.82, 2.24) is 15.7 Å². The van der Waals surface area contributed by atoms with Gasteiger partial charge in [-0.1, -0.05) is 10.5 Å². The molecule has 0 atom stereocenters. The summed E-state index contributed by atoms with van der Waals surface area (Å²) in [6.07, 6.45) is 4.48. The molecule has 0 spiro atoms. The van der Waals surface area contributed by atoms with Gasteiger partial charge in [0.05, 0.1) is 11.6 Å². The number of hydrogen-bond donors (Lipinski definition) is 2. The summed E-state index contributed by atoms with van der Waals surface area (Å²) in [4.78, 5) is 8.25. The third kappa shape index (κ3) is 5.18. The fourth-order valence-electron chi connectivity index (χ4n) is 0.491. The molecule has 0 unspecified atom stereocenters. The molecule has 8 heteroatoms. The van der Waals surface area contributed by atoms with Crippen LogP contribution >= 0.6 is 0 Å². The zero-order chi connectivity index (χ0) is 9.56. The van der Waals surface area contributed by atoms with Gasteiger partial charge in [0.2, 0.25) is 0 Å². The van der Waals surface area contributed by atoms with E-state index in [0.717, 1.165) is 6.54 Å². The van der Waals surface area contributed by atoms with Crippen molar-refractivity contribution in [2.24, 2.45) is 5.84 Å². The smallest absolute Gasteiger partial charge is 0.356 e. The van der Waals surface area contributed by atoms with E-state index >= 15 is 0 Å². The lowest BCUT2D eigenvalue weighted by atomic mass is 10.7. The summed E-state index contributed by atoms with van der Waals surface area (Å²) in [5.41, 5.74) is 2.78. The average molecular weight is 175 g/mol. The van der Waals surface area contributed by atoms with Gasteiger partial charge in [-0.05, 0) is 6.92 Å². The average Bonchev–Trinajstić information content (AvgIpc) is 2.34. The van der Waals surface area contributed by atoms with Gasteiger partial charge in [0.15, 0.2) is 0 Å². The van der Waals surface area contributed by atoms with E-state index in [0.29, 0.717) is 0 Å². The Morgan fingerprint density at radius 2 is 2.25 bits per heavy atom. The molecule has 0 saturated carbocycles. The van der Waals surface area contributed by atoms with Gasteiger partial charge in [-0.15, -0.1) is 0 Å². The quantitative estimate of drug-likeness (QED) is 0.226. The van der Waals surface area contributed by atoms with Crippen LogP contribution in [0.1, 0.15) is 6.92 Å². The van der Waals surface area contributed by atoms with E-state index in [9.17, 15) is 0 Å². The largest absolute Gasteiger partial charge is 0.411 e. The van der Waals surface area contributed by atoms with Crippen molar-refractivity contribution >= 4 is 0 Å². The Labute approximate surface area is 68.9 Å². The molecule has 3 N–H and O–H groups in total. The topological polar surface area (TPSA) is 111 Å². The standard InChI is InChI=1S/C4H9N4.NO3/c1-2-7-3-4-8(5)6-7;2-1(3)4/h4,6H,2,5H2,1H3;/q+1;-1. The van der Waals surface area contributed by atoms with Gasteiger partial charge in [0, 0.05) is 0 Å². The monoisotopic (exact) mass is 175 g/mol. The van der Waals surface area contributed by atoms with Crippen molar-refractivity contribution < 1.29 is 5.09 Å². The normalized spacial score (nSPS) is 13.5. The molecule has 0 fully saturated rings. The van der Waals surface area contributed by atoms with Crippen LogP contribution in [0.4, 0.5) is 0 Å². The summed E-state index contributed by atoms with van der Waals surface area (Å²) in [6.45, 7) is 2.87. The Hall–Kier alpha value is -1.63. The minimum absolute atomic E-state index is 0.865. The maximum atomic E-state index is 8.25. The van der Waals surface area contributed by atoms with Crippen LogP contribution in [-0.2, 0) is 0 Å². The molecule has 1 heterocycles. The van der Waals surface area contributed by atoms with E-state index < -0.39 is 5.09 Å². The van der Waals surface area contributed by atoms with Crippen LogP contribution in [0, 0.1) is 21.5 Å². The zero-order valence-electron chi connectivity index (χ0n) is 6.43. The van der Waals surface area contributed by atoms with Gasteiger partial charge < -0.3 is 15.3 Å². The highest BCUT2D eigenvalue weighted by atomic mass is 16.9. The van der Waals surface area contributed by atoms with Crippen LogP contribution in [0.15, 0.2) is 6.20 Å². The number of nitrogens with zero attached hydrogens (tertiary/aromatic N) is 3. The summed E-state index contributed by atoms with van der Waals surface area (Å²) in [6, 6.07) is 0. The third-order valence-electron chi connectivity index (χ3n) is 0.905. The molecule has 8 nitrogen and oxygen atoms in total.